The van der Waals surface area contributed by atoms with Gasteiger partial charge in [-0.2, -0.15) is 0 Å². The number of hydrogen-bond acceptors (Lipinski definition) is 2. The van der Waals surface area contributed by atoms with Gasteiger partial charge in [0.1, 0.15) is 0 Å². The second kappa shape index (κ2) is 9.45. The first kappa shape index (κ1) is 25.2. The smallest absolute Gasteiger partial charge is 0.0554 e. The number of hydrogen-bond donors (Lipinski definition) is 0. The van der Waals surface area contributed by atoms with E-state index in [0.717, 1.165) is 35.5 Å². The van der Waals surface area contributed by atoms with Gasteiger partial charge in [0.2, 0.25) is 0 Å². The van der Waals surface area contributed by atoms with Crippen LogP contribution in [0.25, 0.3) is 20.2 Å². The van der Waals surface area contributed by atoms with E-state index in [0.29, 0.717) is 5.41 Å². The number of thiophene rings is 1. The lowest BCUT2D eigenvalue weighted by Crippen LogP contribution is -2.48. The van der Waals surface area contributed by atoms with Gasteiger partial charge in [-0.3, -0.25) is 0 Å². The first-order valence-electron chi connectivity index (χ1n) is 17.1. The van der Waals surface area contributed by atoms with Crippen molar-refractivity contribution in [1.29, 1.82) is 0 Å². The molecule has 6 bridgehead atoms. The molecule has 3 unspecified atom stereocenters. The predicted molar refractivity (Wildman–Crippen MR) is 182 cm³/mol. The predicted octanol–water partition coefficient (Wildman–Crippen LogP) is 11.9. The summed E-state index contributed by atoms with van der Waals surface area (Å²) < 4.78 is 2.74. The van der Waals surface area contributed by atoms with Crippen LogP contribution in [0.4, 0.5) is 17.1 Å². The van der Waals surface area contributed by atoms with Crippen molar-refractivity contribution in [3.8, 4) is 0 Å². The van der Waals surface area contributed by atoms with Crippen LogP contribution in [0.2, 0.25) is 0 Å². The molecule has 43 heavy (non-hydrogen) atoms. The average Bonchev–Trinajstić information content (AvgIpc) is 3.76. The number of nitrogens with zero attached hydrogens (tertiary/aromatic N) is 1. The molecule has 0 amide bonds. The fourth-order valence-corrected chi connectivity index (χ4v) is 12.4. The third-order valence-electron chi connectivity index (χ3n) is 12.7. The van der Waals surface area contributed by atoms with Gasteiger partial charge in [0.25, 0.3) is 0 Å². The van der Waals surface area contributed by atoms with Gasteiger partial charge in [0.05, 0.1) is 5.69 Å². The summed E-state index contributed by atoms with van der Waals surface area (Å²) in [4.78, 5) is 2.55. The molecule has 4 aromatic carbocycles. The van der Waals surface area contributed by atoms with Crippen LogP contribution < -0.4 is 4.90 Å². The van der Waals surface area contributed by atoms with Crippen molar-refractivity contribution in [2.45, 2.75) is 75.5 Å². The van der Waals surface area contributed by atoms with Crippen LogP contribution in [0, 0.1) is 29.6 Å². The normalized spacial score (nSPS) is 32.3. The lowest BCUT2D eigenvalue weighted by molar-refractivity contribution is -0.00518. The van der Waals surface area contributed by atoms with Crippen LogP contribution in [0.5, 0.6) is 0 Å². The molecule has 2 heteroatoms. The van der Waals surface area contributed by atoms with E-state index in [2.05, 4.69) is 95.9 Å². The Morgan fingerprint density at radius 1 is 0.581 bits per heavy atom. The van der Waals surface area contributed by atoms with Gasteiger partial charge in [-0.1, -0.05) is 55.0 Å². The van der Waals surface area contributed by atoms with Gasteiger partial charge < -0.3 is 4.90 Å². The summed E-state index contributed by atoms with van der Waals surface area (Å²) in [5, 5.41) is 2.75. The molecule has 6 fully saturated rings. The molecule has 6 aliphatic rings. The Labute approximate surface area is 259 Å². The number of fused-ring (bicyclic) bond motifs is 5. The van der Waals surface area contributed by atoms with Crippen molar-refractivity contribution < 1.29 is 0 Å². The Morgan fingerprint density at radius 3 is 1.93 bits per heavy atom. The highest BCUT2D eigenvalue weighted by Gasteiger charge is 2.51. The van der Waals surface area contributed by atoms with E-state index >= 15 is 0 Å². The quantitative estimate of drug-likeness (QED) is 0.200. The minimum absolute atomic E-state index is 0.435. The van der Waals surface area contributed by atoms with Crippen molar-refractivity contribution in [3.05, 3.63) is 102 Å². The van der Waals surface area contributed by atoms with E-state index in [1.807, 2.05) is 11.3 Å². The number of rotatable bonds is 5. The average molecular weight is 580 g/mol. The maximum atomic E-state index is 2.55. The van der Waals surface area contributed by atoms with Gasteiger partial charge in [-0.25, -0.2) is 0 Å². The second-order valence-corrected chi connectivity index (χ2v) is 16.3. The van der Waals surface area contributed by atoms with E-state index < -0.39 is 0 Å². The van der Waals surface area contributed by atoms with E-state index in [1.54, 1.807) is 11.1 Å². The monoisotopic (exact) mass is 579 g/mol. The first-order valence-corrected chi connectivity index (χ1v) is 17.9. The van der Waals surface area contributed by atoms with Crippen molar-refractivity contribution in [3.63, 3.8) is 0 Å². The van der Waals surface area contributed by atoms with E-state index in [-0.39, 0.29) is 0 Å². The van der Waals surface area contributed by atoms with Gasteiger partial charge >= 0.3 is 0 Å². The highest BCUT2D eigenvalue weighted by molar-refractivity contribution is 7.26. The minimum Gasteiger partial charge on any atom is -0.310 e. The Hall–Kier alpha value is -3.10. The molecule has 0 spiro atoms. The van der Waals surface area contributed by atoms with Crippen molar-refractivity contribution in [2.24, 2.45) is 29.6 Å². The van der Waals surface area contributed by atoms with E-state index in [1.165, 1.54) is 101 Å². The Bertz CT molecular complexity index is 1790. The fraction of sp³-hybridized carbons (Fsp3) is 0.415. The molecule has 0 radical (unpaired) electrons. The topological polar surface area (TPSA) is 3.24 Å². The molecular formula is C41H41NS. The Morgan fingerprint density at radius 2 is 1.26 bits per heavy atom. The zero-order valence-electron chi connectivity index (χ0n) is 25.1. The summed E-state index contributed by atoms with van der Waals surface area (Å²) in [6, 6.07) is 35.6. The molecule has 11 rings (SSSR count). The molecule has 5 aromatic rings. The van der Waals surface area contributed by atoms with Crippen LogP contribution in [0.15, 0.2) is 91.0 Å². The number of anilines is 3. The van der Waals surface area contributed by atoms with Crippen LogP contribution in [0.1, 0.15) is 81.3 Å². The van der Waals surface area contributed by atoms with Crippen molar-refractivity contribution >= 4 is 48.6 Å². The summed E-state index contributed by atoms with van der Waals surface area (Å²) in [5.41, 5.74) is 7.46. The van der Waals surface area contributed by atoms with E-state index in [4.69, 9.17) is 0 Å². The summed E-state index contributed by atoms with van der Waals surface area (Å²) in [7, 11) is 0. The summed E-state index contributed by atoms with van der Waals surface area (Å²) in [5.74, 6) is 5.57. The largest absolute Gasteiger partial charge is 0.310 e. The second-order valence-electron chi connectivity index (χ2n) is 15.2. The summed E-state index contributed by atoms with van der Waals surface area (Å²) in [6.45, 7) is 0. The zero-order valence-corrected chi connectivity index (χ0v) is 25.9. The molecule has 0 aliphatic heterocycles. The molecule has 0 saturated heterocycles. The molecule has 6 saturated carbocycles. The van der Waals surface area contributed by atoms with Crippen LogP contribution in [-0.2, 0) is 5.41 Å². The maximum Gasteiger partial charge on any atom is 0.0554 e. The lowest BCUT2D eigenvalue weighted by Gasteiger charge is -2.57. The van der Waals surface area contributed by atoms with Crippen molar-refractivity contribution in [2.75, 3.05) is 4.90 Å². The third-order valence-corrected chi connectivity index (χ3v) is 13.9. The molecular weight excluding hydrogens is 539 g/mol. The molecule has 6 aliphatic carbocycles. The molecule has 1 nitrogen and oxygen atoms in total. The van der Waals surface area contributed by atoms with Crippen LogP contribution in [-0.4, -0.2) is 0 Å². The Balaban J connectivity index is 1.08. The third kappa shape index (κ3) is 3.94. The first-order chi connectivity index (χ1) is 21.2. The van der Waals surface area contributed by atoms with Gasteiger partial charge in [0.15, 0.2) is 0 Å². The Kier molecular flexibility index (Phi) is 5.55. The summed E-state index contributed by atoms with van der Waals surface area (Å²) >= 11 is 1.92. The molecule has 0 N–H and O–H groups in total. The van der Waals surface area contributed by atoms with Gasteiger partial charge in [0, 0.05) is 31.5 Å². The van der Waals surface area contributed by atoms with Gasteiger partial charge in [-0.15, -0.1) is 11.3 Å². The highest BCUT2D eigenvalue weighted by atomic mass is 32.1. The van der Waals surface area contributed by atoms with Gasteiger partial charge in [-0.05, 0) is 152 Å². The van der Waals surface area contributed by atoms with E-state index in [9.17, 15) is 0 Å². The molecule has 216 valence electrons. The summed E-state index contributed by atoms with van der Waals surface area (Å²) in [6.07, 6.45) is 14.5. The molecule has 1 heterocycles. The molecule has 3 atom stereocenters. The van der Waals surface area contributed by atoms with Crippen molar-refractivity contribution in [1.82, 2.24) is 0 Å². The highest BCUT2D eigenvalue weighted by Crippen LogP contribution is 2.61. The lowest BCUT2D eigenvalue weighted by atomic mass is 9.48. The fourth-order valence-electron chi connectivity index (χ4n) is 11.3. The van der Waals surface area contributed by atoms with Crippen LogP contribution >= 0.6 is 11.3 Å². The molecule has 1 aromatic heterocycles. The minimum atomic E-state index is 0.435. The zero-order chi connectivity index (χ0) is 28.1. The van der Waals surface area contributed by atoms with Crippen LogP contribution in [0.3, 0.4) is 0 Å². The maximum absolute atomic E-state index is 2.55. The standard InChI is InChI=1S/C41H41NS/c1-2-6-38-35(4-1)40-37(5-3-7-39(40)43-38)42(33-14-10-30(11-15-33)36-22-26-8-9-31(36)21-26)34-16-12-32(13-17-34)41-23-27-18-28(24-41)20-29(19-27)25-41/h1-7,10-17,26-29,31,36H,8-9,18-25H2. The SMILES string of the molecule is c1ccc2c(c1)sc1cccc(N(c3ccc(C4CC5CCC4C5)cc3)c3ccc(C45CC6CC(CC(C6)C4)C5)cc3)c12. The number of benzene rings is 4.